The Labute approximate surface area is 172 Å². The number of carbonyl (C=O) groups is 1. The van der Waals surface area contributed by atoms with Gasteiger partial charge in [0.25, 0.3) is 0 Å². The summed E-state index contributed by atoms with van der Waals surface area (Å²) in [5, 5.41) is 6.44. The lowest BCUT2D eigenvalue weighted by Gasteiger charge is -2.24. The molecule has 8 nitrogen and oxygen atoms in total. The largest absolute Gasteiger partial charge is 0.490 e. The van der Waals surface area contributed by atoms with E-state index in [-0.39, 0.29) is 18.6 Å². The second-order valence-electron chi connectivity index (χ2n) is 7.47. The number of rotatable bonds is 6. The molecule has 1 amide bonds. The van der Waals surface area contributed by atoms with Crippen LogP contribution in [0.25, 0.3) is 0 Å². The fourth-order valence-corrected chi connectivity index (χ4v) is 3.21. The summed E-state index contributed by atoms with van der Waals surface area (Å²) in [6.07, 6.45) is 4.37. The molecular weight excluding hydrogens is 372 g/mol. The summed E-state index contributed by atoms with van der Waals surface area (Å²) >= 11 is 0. The number of ether oxygens (including phenoxy) is 3. The maximum absolute atomic E-state index is 12.0. The molecule has 2 heterocycles. The number of guanidine groups is 1. The summed E-state index contributed by atoms with van der Waals surface area (Å²) in [5.41, 5.74) is 0.957. The summed E-state index contributed by atoms with van der Waals surface area (Å²) in [7, 11) is 3.47. The highest BCUT2D eigenvalue weighted by molar-refractivity contribution is 5.86. The highest BCUT2D eigenvalue weighted by Gasteiger charge is 2.16. The zero-order chi connectivity index (χ0) is 20.5. The number of aliphatic imine (C=N–C) groups is 1. The Morgan fingerprint density at radius 3 is 2.79 bits per heavy atom. The molecule has 0 radical (unpaired) electrons. The molecule has 3 rings (SSSR count). The van der Waals surface area contributed by atoms with Gasteiger partial charge in [0.1, 0.15) is 0 Å². The quantitative estimate of drug-likeness (QED) is 0.553. The van der Waals surface area contributed by atoms with Gasteiger partial charge in [0.2, 0.25) is 5.91 Å². The molecule has 1 saturated heterocycles. The summed E-state index contributed by atoms with van der Waals surface area (Å²) < 4.78 is 17.4. The standard InChI is InChI=1S/C21H32N4O4/c1-25(2)19(26)15-24-21(23-14-17-8-3-4-10-27-17)22-13-16-7-5-9-18-20(16)29-12-6-11-28-18/h5,7,9,17H,3-4,6,8,10-15H2,1-2H3,(H2,22,23,24). The topological polar surface area (TPSA) is 84.4 Å². The van der Waals surface area contributed by atoms with Gasteiger partial charge in [-0.15, -0.1) is 0 Å². The van der Waals surface area contributed by atoms with Crippen molar-refractivity contribution in [3.8, 4) is 11.5 Å². The number of hydrogen-bond donors (Lipinski definition) is 2. The van der Waals surface area contributed by atoms with Crippen LogP contribution < -0.4 is 20.1 Å². The average molecular weight is 405 g/mol. The highest BCUT2D eigenvalue weighted by atomic mass is 16.5. The third-order valence-electron chi connectivity index (χ3n) is 4.94. The molecule has 2 aliphatic heterocycles. The van der Waals surface area contributed by atoms with Crippen LogP contribution in [0.5, 0.6) is 11.5 Å². The van der Waals surface area contributed by atoms with Gasteiger partial charge in [0.15, 0.2) is 17.5 Å². The third kappa shape index (κ3) is 6.52. The number of benzene rings is 1. The van der Waals surface area contributed by atoms with Crippen molar-refractivity contribution in [3.63, 3.8) is 0 Å². The normalized spacial score (nSPS) is 19.2. The molecule has 1 unspecified atom stereocenters. The molecule has 8 heteroatoms. The third-order valence-corrected chi connectivity index (χ3v) is 4.94. The fraction of sp³-hybridized carbons (Fsp3) is 0.619. The van der Waals surface area contributed by atoms with Crippen LogP contribution in [0.2, 0.25) is 0 Å². The lowest BCUT2D eigenvalue weighted by Crippen LogP contribution is -2.45. The Balaban J connectivity index is 1.67. The van der Waals surface area contributed by atoms with Gasteiger partial charge in [0.05, 0.1) is 32.4 Å². The van der Waals surface area contributed by atoms with Crippen molar-refractivity contribution in [2.45, 2.75) is 38.3 Å². The van der Waals surface area contributed by atoms with Crippen molar-refractivity contribution < 1.29 is 19.0 Å². The van der Waals surface area contributed by atoms with Crippen molar-refractivity contribution in [3.05, 3.63) is 23.8 Å². The minimum absolute atomic E-state index is 0.0151. The Morgan fingerprint density at radius 2 is 2.00 bits per heavy atom. The molecule has 1 atom stereocenters. The van der Waals surface area contributed by atoms with Crippen LogP contribution in [0.15, 0.2) is 23.2 Å². The molecule has 1 aromatic rings. The highest BCUT2D eigenvalue weighted by Crippen LogP contribution is 2.33. The minimum atomic E-state index is -0.0151. The number of carbonyl (C=O) groups excluding carboxylic acids is 1. The van der Waals surface area contributed by atoms with E-state index in [1.54, 1.807) is 19.0 Å². The lowest BCUT2D eigenvalue weighted by molar-refractivity contribution is -0.127. The molecule has 2 aliphatic rings. The van der Waals surface area contributed by atoms with Gasteiger partial charge in [-0.05, 0) is 25.3 Å². The average Bonchev–Trinajstić information content (AvgIpc) is 2.99. The van der Waals surface area contributed by atoms with Crippen LogP contribution in [-0.4, -0.2) is 69.9 Å². The van der Waals surface area contributed by atoms with Gasteiger partial charge in [-0.2, -0.15) is 0 Å². The first kappa shape index (κ1) is 21.2. The lowest BCUT2D eigenvalue weighted by atomic mass is 10.1. The van der Waals surface area contributed by atoms with Crippen LogP contribution >= 0.6 is 0 Å². The number of nitrogens with zero attached hydrogens (tertiary/aromatic N) is 2. The zero-order valence-corrected chi connectivity index (χ0v) is 17.4. The van der Waals surface area contributed by atoms with E-state index in [1.807, 2.05) is 18.2 Å². The summed E-state index contributed by atoms with van der Waals surface area (Å²) in [4.78, 5) is 18.2. The fourth-order valence-electron chi connectivity index (χ4n) is 3.21. The molecule has 0 aromatic heterocycles. The second-order valence-corrected chi connectivity index (χ2v) is 7.47. The molecule has 0 bridgehead atoms. The van der Waals surface area contributed by atoms with Crippen LogP contribution in [0, 0.1) is 0 Å². The first-order chi connectivity index (χ1) is 14.1. The molecule has 0 saturated carbocycles. The molecule has 0 spiro atoms. The molecular formula is C21H32N4O4. The van der Waals surface area contributed by atoms with Crippen molar-refractivity contribution in [2.75, 3.05) is 47.0 Å². The molecule has 160 valence electrons. The van der Waals surface area contributed by atoms with E-state index >= 15 is 0 Å². The number of fused-ring (bicyclic) bond motifs is 1. The van der Waals surface area contributed by atoms with Crippen LogP contribution in [0.1, 0.15) is 31.2 Å². The predicted octanol–water partition coefficient (Wildman–Crippen LogP) is 1.54. The molecule has 1 fully saturated rings. The van der Waals surface area contributed by atoms with E-state index < -0.39 is 0 Å². The number of para-hydroxylation sites is 1. The molecule has 1 aromatic carbocycles. The molecule has 29 heavy (non-hydrogen) atoms. The van der Waals surface area contributed by atoms with Gasteiger partial charge < -0.3 is 29.7 Å². The maximum Gasteiger partial charge on any atom is 0.241 e. The molecule has 2 N–H and O–H groups in total. The van der Waals surface area contributed by atoms with Crippen LogP contribution in [0.4, 0.5) is 0 Å². The molecule has 0 aliphatic carbocycles. The predicted molar refractivity (Wildman–Crippen MR) is 111 cm³/mol. The number of amides is 1. The Morgan fingerprint density at radius 1 is 1.14 bits per heavy atom. The van der Waals surface area contributed by atoms with E-state index in [9.17, 15) is 4.79 Å². The van der Waals surface area contributed by atoms with E-state index in [2.05, 4.69) is 15.6 Å². The Bertz CT molecular complexity index is 702. The van der Waals surface area contributed by atoms with Gasteiger partial charge in [0, 0.05) is 39.2 Å². The Kier molecular flexibility index (Phi) is 7.98. The first-order valence-corrected chi connectivity index (χ1v) is 10.3. The van der Waals surface area contributed by atoms with Gasteiger partial charge in [-0.25, -0.2) is 4.99 Å². The Hall–Kier alpha value is -2.48. The number of nitrogens with one attached hydrogen (secondary N) is 2. The number of likely N-dealkylation sites (N-methyl/N-ethyl adjacent to an activating group) is 1. The van der Waals surface area contributed by atoms with Gasteiger partial charge in [-0.1, -0.05) is 12.1 Å². The maximum atomic E-state index is 12.0. The second kappa shape index (κ2) is 10.9. The van der Waals surface area contributed by atoms with Crippen molar-refractivity contribution in [1.29, 1.82) is 0 Å². The van der Waals surface area contributed by atoms with Gasteiger partial charge >= 0.3 is 0 Å². The van der Waals surface area contributed by atoms with Crippen molar-refractivity contribution in [2.24, 2.45) is 4.99 Å². The van der Waals surface area contributed by atoms with Crippen molar-refractivity contribution in [1.82, 2.24) is 15.5 Å². The summed E-state index contributed by atoms with van der Waals surface area (Å²) in [6, 6.07) is 5.86. The van der Waals surface area contributed by atoms with Crippen LogP contribution in [0.3, 0.4) is 0 Å². The minimum Gasteiger partial charge on any atom is -0.490 e. The SMILES string of the molecule is CN(C)C(=O)CNC(=NCc1cccc2c1OCCCO2)NCC1CCCCO1. The summed E-state index contributed by atoms with van der Waals surface area (Å²) in [6.45, 7) is 3.35. The van der Waals surface area contributed by atoms with Crippen molar-refractivity contribution >= 4 is 11.9 Å². The van der Waals surface area contributed by atoms with Gasteiger partial charge in [-0.3, -0.25) is 4.79 Å². The monoisotopic (exact) mass is 404 g/mol. The van der Waals surface area contributed by atoms with Crippen LogP contribution in [-0.2, 0) is 16.1 Å². The zero-order valence-electron chi connectivity index (χ0n) is 17.4. The van der Waals surface area contributed by atoms with E-state index in [0.717, 1.165) is 42.9 Å². The summed E-state index contributed by atoms with van der Waals surface area (Å²) in [5.74, 6) is 2.09. The van der Waals surface area contributed by atoms with E-state index in [1.165, 1.54) is 6.42 Å². The smallest absolute Gasteiger partial charge is 0.241 e. The first-order valence-electron chi connectivity index (χ1n) is 10.3. The number of hydrogen-bond acceptors (Lipinski definition) is 5. The van der Waals surface area contributed by atoms with E-state index in [0.29, 0.717) is 32.3 Å². The van der Waals surface area contributed by atoms with E-state index in [4.69, 9.17) is 14.2 Å².